The highest BCUT2D eigenvalue weighted by molar-refractivity contribution is 5.76. The number of benzene rings is 1. The smallest absolute Gasteiger partial charge is 0.182 e. The van der Waals surface area contributed by atoms with Gasteiger partial charge in [-0.05, 0) is 19.1 Å². The zero-order valence-electron chi connectivity index (χ0n) is 9.24. The van der Waals surface area contributed by atoms with Crippen LogP contribution in [0.2, 0.25) is 0 Å². The molecule has 0 amide bonds. The van der Waals surface area contributed by atoms with Crippen LogP contribution in [0.4, 0.5) is 0 Å². The summed E-state index contributed by atoms with van der Waals surface area (Å²) in [5.74, 6) is 0. The molecule has 76 valence electrons. The van der Waals surface area contributed by atoms with Crippen LogP contribution in [-0.4, -0.2) is 16.5 Å². The number of rotatable bonds is 1. The largest absolute Gasteiger partial charge is 0.623 e. The monoisotopic (exact) mass is 191 g/mol. The van der Waals surface area contributed by atoms with Gasteiger partial charge in [0.05, 0.1) is 0 Å². The molecule has 0 aromatic heterocycles. The van der Waals surface area contributed by atoms with Gasteiger partial charge in [-0.1, -0.05) is 17.7 Å². The van der Waals surface area contributed by atoms with E-state index in [9.17, 15) is 5.21 Å². The molecule has 0 spiro atoms. The normalized spacial score (nSPS) is 13.0. The lowest BCUT2D eigenvalue weighted by atomic mass is 10.1. The van der Waals surface area contributed by atoms with E-state index in [1.54, 1.807) is 6.21 Å². The minimum absolute atomic E-state index is 0.371. The van der Waals surface area contributed by atoms with Crippen molar-refractivity contribution in [3.63, 3.8) is 0 Å². The second-order valence-corrected chi connectivity index (χ2v) is 4.54. The Bertz CT molecular complexity index is 348. The Labute approximate surface area is 85.5 Å². The summed E-state index contributed by atoms with van der Waals surface area (Å²) in [5, 5.41) is 11.6. The zero-order valence-corrected chi connectivity index (χ0v) is 9.24. The zero-order chi connectivity index (χ0) is 10.8. The Kier molecular flexibility index (Phi) is 2.94. The third kappa shape index (κ3) is 2.87. The van der Waals surface area contributed by atoms with Crippen molar-refractivity contribution in [2.75, 3.05) is 0 Å². The fraction of sp³-hybridized carbons (Fsp3) is 0.417. The van der Waals surface area contributed by atoms with Gasteiger partial charge in [0, 0.05) is 26.3 Å². The molecule has 0 heterocycles. The Morgan fingerprint density at radius 1 is 1.29 bits per heavy atom. The maximum atomic E-state index is 11.6. The van der Waals surface area contributed by atoms with Crippen LogP contribution in [0.3, 0.4) is 0 Å². The molecule has 2 heteroatoms. The van der Waals surface area contributed by atoms with Crippen LogP contribution >= 0.6 is 0 Å². The van der Waals surface area contributed by atoms with Crippen LogP contribution in [0.25, 0.3) is 0 Å². The molecule has 14 heavy (non-hydrogen) atoms. The van der Waals surface area contributed by atoms with Crippen molar-refractivity contribution in [3.05, 3.63) is 40.6 Å². The quantitative estimate of drug-likeness (QED) is 0.290. The Balaban J connectivity index is 2.98. The average molecular weight is 191 g/mol. The molecule has 0 radical (unpaired) electrons. The molecular weight excluding hydrogens is 174 g/mol. The van der Waals surface area contributed by atoms with E-state index in [0.29, 0.717) is 0 Å². The van der Waals surface area contributed by atoms with Crippen LogP contribution in [0, 0.1) is 12.1 Å². The van der Waals surface area contributed by atoms with E-state index in [-0.39, 0.29) is 5.54 Å². The van der Waals surface area contributed by atoms with Crippen LogP contribution in [0.15, 0.2) is 24.3 Å². The van der Waals surface area contributed by atoms with Crippen molar-refractivity contribution in [2.45, 2.75) is 33.2 Å². The Hall–Kier alpha value is -1.31. The Morgan fingerprint density at radius 2 is 1.93 bits per heavy atom. The van der Waals surface area contributed by atoms with E-state index in [1.165, 1.54) is 5.56 Å². The molecule has 1 rings (SSSR count). The van der Waals surface area contributed by atoms with Crippen molar-refractivity contribution in [1.29, 1.82) is 0 Å². The van der Waals surface area contributed by atoms with Gasteiger partial charge in [0.2, 0.25) is 0 Å². The molecule has 0 saturated carbocycles. The summed E-state index contributed by atoms with van der Waals surface area (Å²) in [5.41, 5.74) is 1.75. The summed E-state index contributed by atoms with van der Waals surface area (Å²) in [4.78, 5) is 0. The van der Waals surface area contributed by atoms with Gasteiger partial charge in [0.1, 0.15) is 0 Å². The van der Waals surface area contributed by atoms with Crippen LogP contribution in [-0.2, 0) is 0 Å². The van der Waals surface area contributed by atoms with Gasteiger partial charge in [0.15, 0.2) is 11.8 Å². The summed E-state index contributed by atoms with van der Waals surface area (Å²) in [6.07, 6.45) is 1.63. The highest BCUT2D eigenvalue weighted by Gasteiger charge is 2.17. The maximum Gasteiger partial charge on any atom is 0.182 e. The SMILES string of the molecule is Cc1cccc(/C=[N+](\[O-])C(C)(C)C)c1. The minimum Gasteiger partial charge on any atom is -0.623 e. The number of hydrogen-bond donors (Lipinski definition) is 0. The summed E-state index contributed by atoms with van der Waals surface area (Å²) >= 11 is 0. The first-order valence-corrected chi connectivity index (χ1v) is 4.77. The summed E-state index contributed by atoms with van der Waals surface area (Å²) in [6, 6.07) is 7.90. The molecule has 0 aliphatic rings. The van der Waals surface area contributed by atoms with Gasteiger partial charge in [-0.25, -0.2) is 4.74 Å². The summed E-state index contributed by atoms with van der Waals surface area (Å²) < 4.78 is 0.988. The van der Waals surface area contributed by atoms with E-state index in [0.717, 1.165) is 10.3 Å². The summed E-state index contributed by atoms with van der Waals surface area (Å²) in [6.45, 7) is 7.70. The van der Waals surface area contributed by atoms with Crippen LogP contribution < -0.4 is 0 Å². The van der Waals surface area contributed by atoms with Crippen molar-refractivity contribution >= 4 is 6.21 Å². The molecule has 0 atom stereocenters. The molecule has 1 aromatic rings. The van der Waals surface area contributed by atoms with E-state index in [1.807, 2.05) is 52.0 Å². The highest BCUT2D eigenvalue weighted by atomic mass is 16.5. The molecule has 0 aliphatic heterocycles. The first kappa shape index (κ1) is 10.8. The predicted octanol–water partition coefficient (Wildman–Crippen LogP) is 2.72. The van der Waals surface area contributed by atoms with Gasteiger partial charge in [-0.3, -0.25) is 0 Å². The summed E-state index contributed by atoms with van der Waals surface area (Å²) in [7, 11) is 0. The molecule has 1 aromatic carbocycles. The van der Waals surface area contributed by atoms with Gasteiger partial charge >= 0.3 is 0 Å². The lowest BCUT2D eigenvalue weighted by Gasteiger charge is -2.18. The van der Waals surface area contributed by atoms with E-state index < -0.39 is 0 Å². The van der Waals surface area contributed by atoms with Crippen molar-refractivity contribution in [2.24, 2.45) is 0 Å². The molecule has 0 bridgehead atoms. The fourth-order valence-electron chi connectivity index (χ4n) is 1.08. The standard InChI is InChI=1S/C12H17NO/c1-10-6-5-7-11(8-10)9-13(14)12(2,3)4/h5-9H,1-4H3/b13-9-. The fourth-order valence-corrected chi connectivity index (χ4v) is 1.08. The predicted molar refractivity (Wildman–Crippen MR) is 59.7 cm³/mol. The third-order valence-electron chi connectivity index (χ3n) is 1.97. The van der Waals surface area contributed by atoms with Gasteiger partial charge in [-0.2, -0.15) is 0 Å². The molecule has 0 saturated heterocycles. The topological polar surface area (TPSA) is 26.1 Å². The number of hydroxylamine groups is 1. The first-order valence-electron chi connectivity index (χ1n) is 4.77. The number of aryl methyl sites for hydroxylation is 1. The minimum atomic E-state index is -0.371. The van der Waals surface area contributed by atoms with E-state index >= 15 is 0 Å². The lowest BCUT2D eigenvalue weighted by Crippen LogP contribution is -2.29. The number of hydrogen-bond acceptors (Lipinski definition) is 1. The van der Waals surface area contributed by atoms with Gasteiger partial charge in [0.25, 0.3) is 0 Å². The van der Waals surface area contributed by atoms with Crippen molar-refractivity contribution in [1.82, 2.24) is 0 Å². The molecular formula is C12H17NO. The second-order valence-electron chi connectivity index (χ2n) is 4.54. The first-order chi connectivity index (χ1) is 6.39. The maximum absolute atomic E-state index is 11.6. The average Bonchev–Trinajstić information content (AvgIpc) is 2.02. The van der Waals surface area contributed by atoms with Crippen LogP contribution in [0.5, 0.6) is 0 Å². The van der Waals surface area contributed by atoms with E-state index in [4.69, 9.17) is 0 Å². The van der Waals surface area contributed by atoms with Gasteiger partial charge < -0.3 is 5.21 Å². The van der Waals surface area contributed by atoms with Crippen LogP contribution in [0.1, 0.15) is 31.9 Å². The number of nitrogens with zero attached hydrogens (tertiary/aromatic N) is 1. The Morgan fingerprint density at radius 3 is 2.43 bits per heavy atom. The molecule has 0 aliphatic carbocycles. The molecule has 2 nitrogen and oxygen atoms in total. The third-order valence-corrected chi connectivity index (χ3v) is 1.97. The van der Waals surface area contributed by atoms with E-state index in [2.05, 4.69) is 0 Å². The highest BCUT2D eigenvalue weighted by Crippen LogP contribution is 2.07. The van der Waals surface area contributed by atoms with Crippen molar-refractivity contribution < 1.29 is 4.74 Å². The van der Waals surface area contributed by atoms with Crippen molar-refractivity contribution in [3.8, 4) is 0 Å². The second kappa shape index (κ2) is 3.82. The molecule has 0 unspecified atom stereocenters. The molecule has 0 N–H and O–H groups in total. The lowest BCUT2D eigenvalue weighted by molar-refractivity contribution is -0.530. The molecule has 0 fully saturated rings. The van der Waals surface area contributed by atoms with Gasteiger partial charge in [-0.15, -0.1) is 0 Å².